The minimum absolute atomic E-state index is 0.129. The third-order valence-electron chi connectivity index (χ3n) is 3.05. The molecule has 19 heavy (non-hydrogen) atoms. The largest absolute Gasteiger partial charge is 0.496 e. The highest BCUT2D eigenvalue weighted by molar-refractivity contribution is 5.96. The van der Waals surface area contributed by atoms with E-state index in [0.717, 1.165) is 17.0 Å². The first-order valence-electron chi connectivity index (χ1n) is 6.18. The number of amides is 1. The average molecular weight is 258 g/mol. The van der Waals surface area contributed by atoms with Crippen molar-refractivity contribution in [3.8, 4) is 5.75 Å². The lowest BCUT2D eigenvalue weighted by Gasteiger charge is -2.08. The Labute approximate surface area is 112 Å². The summed E-state index contributed by atoms with van der Waals surface area (Å²) in [6.45, 7) is 4.50. The number of methoxy groups -OCH3 is 1. The molecular weight excluding hydrogens is 240 g/mol. The summed E-state index contributed by atoms with van der Waals surface area (Å²) in [5.74, 6) is 0.456. The number of rotatable bonds is 4. The third-order valence-corrected chi connectivity index (χ3v) is 3.05. The van der Waals surface area contributed by atoms with Crippen molar-refractivity contribution in [2.45, 2.75) is 20.4 Å². The molecule has 0 fully saturated rings. The third kappa shape index (κ3) is 2.96. The van der Waals surface area contributed by atoms with E-state index in [4.69, 9.17) is 4.74 Å². The van der Waals surface area contributed by atoms with Crippen LogP contribution in [0, 0.1) is 13.8 Å². The van der Waals surface area contributed by atoms with Crippen LogP contribution in [-0.2, 0) is 6.54 Å². The van der Waals surface area contributed by atoms with Crippen LogP contribution in [0.5, 0.6) is 5.75 Å². The lowest BCUT2D eigenvalue weighted by Crippen LogP contribution is -2.23. The summed E-state index contributed by atoms with van der Waals surface area (Å²) in [5.41, 5.74) is 3.83. The standard InChI is InChI=1S/C15H18N2O2/c1-10-8-12(11(2)17-10)9-16-15(18)13-6-4-5-7-14(13)19-3/h4-8,17H,9H2,1-3H3,(H,16,18). The molecule has 0 aliphatic carbocycles. The normalized spacial score (nSPS) is 10.3. The number of carbonyl (C=O) groups is 1. The molecule has 2 aromatic rings. The Kier molecular flexibility index (Phi) is 3.90. The second-order valence-corrected chi connectivity index (χ2v) is 4.49. The number of carbonyl (C=O) groups excluding carboxylic acids is 1. The van der Waals surface area contributed by atoms with Crippen molar-refractivity contribution in [2.75, 3.05) is 7.11 Å². The zero-order valence-electron chi connectivity index (χ0n) is 11.4. The number of para-hydroxylation sites is 1. The minimum atomic E-state index is -0.129. The maximum absolute atomic E-state index is 12.1. The molecule has 0 saturated carbocycles. The van der Waals surface area contributed by atoms with Crippen LogP contribution in [-0.4, -0.2) is 18.0 Å². The number of aryl methyl sites for hydroxylation is 2. The van der Waals surface area contributed by atoms with Crippen LogP contribution in [0.3, 0.4) is 0 Å². The van der Waals surface area contributed by atoms with Crippen molar-refractivity contribution in [3.63, 3.8) is 0 Å². The predicted molar refractivity (Wildman–Crippen MR) is 74.4 cm³/mol. The highest BCUT2D eigenvalue weighted by atomic mass is 16.5. The number of ether oxygens (including phenoxy) is 1. The number of hydrogen-bond donors (Lipinski definition) is 2. The van der Waals surface area contributed by atoms with E-state index in [1.54, 1.807) is 19.2 Å². The zero-order chi connectivity index (χ0) is 13.8. The van der Waals surface area contributed by atoms with Gasteiger partial charge < -0.3 is 15.0 Å². The van der Waals surface area contributed by atoms with Gasteiger partial charge in [0, 0.05) is 17.9 Å². The van der Waals surface area contributed by atoms with Crippen molar-refractivity contribution in [3.05, 3.63) is 52.8 Å². The molecule has 1 aromatic carbocycles. The van der Waals surface area contributed by atoms with E-state index in [2.05, 4.69) is 10.3 Å². The fraction of sp³-hybridized carbons (Fsp3) is 0.267. The second kappa shape index (κ2) is 5.61. The van der Waals surface area contributed by atoms with Crippen LogP contribution in [0.2, 0.25) is 0 Å². The number of hydrogen-bond acceptors (Lipinski definition) is 2. The molecule has 2 N–H and O–H groups in total. The first kappa shape index (κ1) is 13.2. The Bertz CT molecular complexity index is 588. The summed E-state index contributed by atoms with van der Waals surface area (Å²) < 4.78 is 5.18. The van der Waals surface area contributed by atoms with Crippen molar-refractivity contribution in [2.24, 2.45) is 0 Å². The van der Waals surface area contributed by atoms with Gasteiger partial charge >= 0.3 is 0 Å². The van der Waals surface area contributed by atoms with Crippen LogP contribution in [0.25, 0.3) is 0 Å². The molecule has 1 aromatic heterocycles. The van der Waals surface area contributed by atoms with Gasteiger partial charge in [0.2, 0.25) is 0 Å². The molecule has 0 aliphatic rings. The Morgan fingerprint density at radius 1 is 1.32 bits per heavy atom. The van der Waals surface area contributed by atoms with Gasteiger partial charge in [-0.15, -0.1) is 0 Å². The van der Waals surface area contributed by atoms with Crippen LogP contribution >= 0.6 is 0 Å². The average Bonchev–Trinajstić information content (AvgIpc) is 2.74. The fourth-order valence-electron chi connectivity index (χ4n) is 2.07. The van der Waals surface area contributed by atoms with Crippen molar-refractivity contribution < 1.29 is 9.53 Å². The quantitative estimate of drug-likeness (QED) is 0.885. The maximum atomic E-state index is 12.1. The van der Waals surface area contributed by atoms with E-state index in [1.807, 2.05) is 32.0 Å². The number of H-pyrrole nitrogens is 1. The zero-order valence-corrected chi connectivity index (χ0v) is 11.4. The minimum Gasteiger partial charge on any atom is -0.496 e. The van der Waals surface area contributed by atoms with Gasteiger partial charge in [0.05, 0.1) is 12.7 Å². The smallest absolute Gasteiger partial charge is 0.255 e. The van der Waals surface area contributed by atoms with E-state index in [-0.39, 0.29) is 5.91 Å². The maximum Gasteiger partial charge on any atom is 0.255 e. The van der Waals surface area contributed by atoms with E-state index < -0.39 is 0 Å². The topological polar surface area (TPSA) is 54.1 Å². The fourth-order valence-corrected chi connectivity index (χ4v) is 2.07. The molecule has 0 saturated heterocycles. The highest BCUT2D eigenvalue weighted by Gasteiger charge is 2.11. The summed E-state index contributed by atoms with van der Waals surface area (Å²) in [5, 5.41) is 2.91. The van der Waals surface area contributed by atoms with Gasteiger partial charge in [-0.3, -0.25) is 4.79 Å². The summed E-state index contributed by atoms with van der Waals surface area (Å²) in [6, 6.07) is 9.24. The van der Waals surface area contributed by atoms with E-state index in [9.17, 15) is 4.79 Å². The summed E-state index contributed by atoms with van der Waals surface area (Å²) in [4.78, 5) is 15.3. The van der Waals surface area contributed by atoms with Gasteiger partial charge in [-0.05, 0) is 37.6 Å². The van der Waals surface area contributed by atoms with Crippen molar-refractivity contribution >= 4 is 5.91 Å². The van der Waals surface area contributed by atoms with Crippen LogP contribution in [0.4, 0.5) is 0 Å². The molecule has 0 aliphatic heterocycles. The number of aromatic nitrogens is 1. The van der Waals surface area contributed by atoms with Crippen molar-refractivity contribution in [1.82, 2.24) is 10.3 Å². The van der Waals surface area contributed by atoms with Crippen LogP contribution in [0.1, 0.15) is 27.3 Å². The Morgan fingerprint density at radius 3 is 2.68 bits per heavy atom. The van der Waals surface area contributed by atoms with Gasteiger partial charge in [-0.2, -0.15) is 0 Å². The predicted octanol–water partition coefficient (Wildman–Crippen LogP) is 2.57. The molecule has 1 heterocycles. The molecule has 0 radical (unpaired) electrons. The summed E-state index contributed by atoms with van der Waals surface area (Å²) in [6.07, 6.45) is 0. The molecule has 0 bridgehead atoms. The Balaban J connectivity index is 2.07. The van der Waals surface area contributed by atoms with Gasteiger partial charge in [-0.1, -0.05) is 12.1 Å². The van der Waals surface area contributed by atoms with E-state index in [0.29, 0.717) is 17.9 Å². The van der Waals surface area contributed by atoms with Crippen LogP contribution in [0.15, 0.2) is 30.3 Å². The lowest BCUT2D eigenvalue weighted by molar-refractivity contribution is 0.0948. The Hall–Kier alpha value is -2.23. The van der Waals surface area contributed by atoms with Gasteiger partial charge in [0.15, 0.2) is 0 Å². The second-order valence-electron chi connectivity index (χ2n) is 4.49. The van der Waals surface area contributed by atoms with Gasteiger partial charge in [0.25, 0.3) is 5.91 Å². The summed E-state index contributed by atoms with van der Waals surface area (Å²) in [7, 11) is 1.56. The highest BCUT2D eigenvalue weighted by Crippen LogP contribution is 2.17. The van der Waals surface area contributed by atoms with Gasteiger partial charge in [-0.25, -0.2) is 0 Å². The molecule has 4 nitrogen and oxygen atoms in total. The van der Waals surface area contributed by atoms with Crippen LogP contribution < -0.4 is 10.1 Å². The SMILES string of the molecule is COc1ccccc1C(=O)NCc1cc(C)[nH]c1C. The molecule has 4 heteroatoms. The first-order chi connectivity index (χ1) is 9.11. The molecule has 0 atom stereocenters. The number of benzene rings is 1. The van der Waals surface area contributed by atoms with E-state index in [1.165, 1.54) is 0 Å². The number of aromatic amines is 1. The molecule has 0 unspecified atom stereocenters. The van der Waals surface area contributed by atoms with E-state index >= 15 is 0 Å². The molecular formula is C15H18N2O2. The monoisotopic (exact) mass is 258 g/mol. The Morgan fingerprint density at radius 2 is 2.05 bits per heavy atom. The van der Waals surface area contributed by atoms with Crippen molar-refractivity contribution in [1.29, 1.82) is 0 Å². The molecule has 0 spiro atoms. The number of nitrogens with one attached hydrogen (secondary N) is 2. The lowest BCUT2D eigenvalue weighted by atomic mass is 10.1. The van der Waals surface area contributed by atoms with Gasteiger partial charge in [0.1, 0.15) is 5.75 Å². The molecule has 100 valence electrons. The molecule has 2 rings (SSSR count). The summed E-state index contributed by atoms with van der Waals surface area (Å²) >= 11 is 0. The molecule has 1 amide bonds. The first-order valence-corrected chi connectivity index (χ1v) is 6.18.